The maximum absolute atomic E-state index is 6.01. The molecule has 0 N–H and O–H groups in total. The Morgan fingerprint density at radius 3 is 1.62 bits per heavy atom. The maximum atomic E-state index is 6.01. The Morgan fingerprint density at radius 1 is 0.500 bits per heavy atom. The molecule has 6 aromatic carbocycles. The van der Waals surface area contributed by atoms with E-state index in [9.17, 15) is 0 Å². The van der Waals surface area contributed by atoms with Crippen molar-refractivity contribution in [2.45, 2.75) is 0 Å². The largest absolute Gasteiger partial charge is 0.496 e. The van der Waals surface area contributed by atoms with E-state index in [1.807, 2.05) is 133 Å². The van der Waals surface area contributed by atoms with Crippen LogP contribution in [0.4, 0.5) is 0 Å². The molecule has 0 amide bonds. The van der Waals surface area contributed by atoms with Gasteiger partial charge in [-0.2, -0.15) is 0 Å². The average Bonchev–Trinajstić information content (AvgIpc) is 4.10. The Hall–Kier alpha value is -7.74. The van der Waals surface area contributed by atoms with Gasteiger partial charge in [0.2, 0.25) is 19.3 Å². The predicted octanol–water partition coefficient (Wildman–Crippen LogP) is 5.88. The zero-order valence-electron chi connectivity index (χ0n) is 30.1. The second kappa shape index (κ2) is 13.6. The van der Waals surface area contributed by atoms with Crippen LogP contribution in [0, 0.1) is 0 Å². The SMILES string of the molecule is COc1cc(-[n+]2nc(-c3ccc4c(c3)OCO4)nn2-c2ccccc2)ccc1-c1ccc(-[n+]2nc(-c3ccc4c(c3)OCO4)nn2-c2ccccc2)c(OC)c1. The van der Waals surface area contributed by atoms with E-state index in [1.54, 1.807) is 33.4 Å². The predicted molar refractivity (Wildman–Crippen MR) is 201 cm³/mol. The number of nitrogens with zero attached hydrogens (tertiary/aromatic N) is 8. The minimum absolute atomic E-state index is 0.180. The summed E-state index contributed by atoms with van der Waals surface area (Å²) >= 11 is 0. The van der Waals surface area contributed by atoms with E-state index >= 15 is 0 Å². The first kappa shape index (κ1) is 32.9. The molecule has 2 aromatic heterocycles. The maximum Gasteiger partial charge on any atom is 0.340 e. The molecule has 14 nitrogen and oxygen atoms in total. The summed E-state index contributed by atoms with van der Waals surface area (Å²) < 4.78 is 34.3. The first-order valence-electron chi connectivity index (χ1n) is 17.7. The standard InChI is InChI=1S/C42H32N8O6/c1-51-37-24-32(49-45-41(43-47(49)30-9-5-3-6-10-30)28-14-19-35-39(22-28)55-25-53-35)16-17-33(37)27-13-18-34(38(21-27)52-2)50-46-42(44-48(50)31-11-7-4-8-12-31)29-15-20-36-40(23-29)56-26-54-36/h3-24H,25-26H2,1-2H3/q+2. The van der Waals surface area contributed by atoms with Gasteiger partial charge < -0.3 is 28.4 Å². The van der Waals surface area contributed by atoms with Crippen molar-refractivity contribution in [3.8, 4) is 91.1 Å². The number of tetrazole rings is 2. The molecule has 10 rings (SSSR count). The normalized spacial score (nSPS) is 12.5. The number of ether oxygens (including phenoxy) is 6. The lowest BCUT2D eigenvalue weighted by Crippen LogP contribution is -2.43. The van der Waals surface area contributed by atoms with E-state index < -0.39 is 0 Å². The van der Waals surface area contributed by atoms with E-state index in [2.05, 4.69) is 0 Å². The fourth-order valence-corrected chi connectivity index (χ4v) is 6.70. The van der Waals surface area contributed by atoms with E-state index in [0.29, 0.717) is 51.8 Å². The lowest BCUT2D eigenvalue weighted by molar-refractivity contribution is -0.734. The number of benzene rings is 6. The van der Waals surface area contributed by atoms with Crippen molar-refractivity contribution in [3.63, 3.8) is 0 Å². The van der Waals surface area contributed by atoms with Crippen molar-refractivity contribution in [1.82, 2.24) is 30.0 Å². The Bertz CT molecular complexity index is 2750. The molecule has 14 heteroatoms. The molecular formula is C42H32N8O6+2. The molecule has 4 heterocycles. The van der Waals surface area contributed by atoms with Crippen LogP contribution in [0.15, 0.2) is 133 Å². The molecule has 2 aliphatic rings. The Kier molecular flexibility index (Phi) is 7.98. The summed E-state index contributed by atoms with van der Waals surface area (Å²) in [4.78, 5) is 6.97. The highest BCUT2D eigenvalue weighted by atomic mass is 16.7. The van der Waals surface area contributed by atoms with Gasteiger partial charge in [-0.15, -0.1) is 0 Å². The second-order valence-corrected chi connectivity index (χ2v) is 12.8. The molecular weight excluding hydrogens is 713 g/mol. The van der Waals surface area contributed by atoms with Gasteiger partial charge in [0.25, 0.3) is 0 Å². The minimum atomic E-state index is 0.180. The van der Waals surface area contributed by atoms with Crippen LogP contribution in [0.1, 0.15) is 0 Å². The van der Waals surface area contributed by atoms with Gasteiger partial charge in [0.1, 0.15) is 17.1 Å². The van der Waals surface area contributed by atoms with E-state index in [0.717, 1.165) is 39.3 Å². The first-order chi connectivity index (χ1) is 27.6. The Balaban J connectivity index is 1.04. The number of hydrogen-bond acceptors (Lipinski definition) is 10. The van der Waals surface area contributed by atoms with Crippen LogP contribution in [0.5, 0.6) is 34.5 Å². The van der Waals surface area contributed by atoms with Gasteiger partial charge in [-0.1, -0.05) is 36.4 Å². The average molecular weight is 745 g/mol. The number of para-hydroxylation sites is 2. The highest BCUT2D eigenvalue weighted by Gasteiger charge is 2.29. The van der Waals surface area contributed by atoms with Gasteiger partial charge in [0, 0.05) is 21.2 Å². The molecule has 0 aliphatic carbocycles. The number of aromatic nitrogens is 8. The smallest absolute Gasteiger partial charge is 0.340 e. The first-order valence-corrected chi connectivity index (χ1v) is 17.7. The summed E-state index contributed by atoms with van der Waals surface area (Å²) in [5.74, 6) is 4.90. The molecule has 0 fully saturated rings. The fraction of sp³-hybridized carbons (Fsp3) is 0.0952. The minimum Gasteiger partial charge on any atom is -0.496 e. The van der Waals surface area contributed by atoms with Gasteiger partial charge in [-0.25, -0.2) is 0 Å². The number of hydrogen-bond donors (Lipinski definition) is 0. The third kappa shape index (κ3) is 5.76. The zero-order chi connectivity index (χ0) is 37.6. The van der Waals surface area contributed by atoms with Gasteiger partial charge >= 0.3 is 11.6 Å². The highest BCUT2D eigenvalue weighted by molar-refractivity contribution is 5.74. The van der Waals surface area contributed by atoms with Crippen molar-refractivity contribution in [3.05, 3.63) is 133 Å². The molecule has 56 heavy (non-hydrogen) atoms. The Morgan fingerprint density at radius 2 is 1.04 bits per heavy atom. The molecule has 0 unspecified atom stereocenters. The summed E-state index contributed by atoms with van der Waals surface area (Å²) in [5, 5.41) is 19.7. The third-order valence-electron chi connectivity index (χ3n) is 9.47. The van der Waals surface area contributed by atoms with Crippen molar-refractivity contribution in [2.75, 3.05) is 27.8 Å². The molecule has 2 aliphatic heterocycles. The van der Waals surface area contributed by atoms with Crippen LogP contribution in [-0.4, -0.2) is 57.8 Å². The molecule has 0 spiro atoms. The van der Waals surface area contributed by atoms with E-state index in [-0.39, 0.29) is 13.6 Å². The molecule has 8 aromatic rings. The molecule has 0 saturated heterocycles. The van der Waals surface area contributed by atoms with Crippen molar-refractivity contribution >= 4 is 0 Å². The molecule has 0 atom stereocenters. The number of methoxy groups -OCH3 is 2. The van der Waals surface area contributed by atoms with Crippen LogP contribution < -0.4 is 38.0 Å². The van der Waals surface area contributed by atoms with Crippen LogP contribution in [0.25, 0.3) is 56.7 Å². The van der Waals surface area contributed by atoms with E-state index in [4.69, 9.17) is 48.8 Å². The summed E-state index contributed by atoms with van der Waals surface area (Å²) in [7, 11) is 3.28. The topological polar surface area (TPSA) is 125 Å². The van der Waals surface area contributed by atoms with Crippen molar-refractivity contribution in [2.24, 2.45) is 0 Å². The van der Waals surface area contributed by atoms with Crippen molar-refractivity contribution < 1.29 is 38.0 Å². The Labute approximate surface area is 319 Å². The summed E-state index contributed by atoms with van der Waals surface area (Å²) in [6, 6.07) is 42.8. The third-order valence-corrected chi connectivity index (χ3v) is 9.47. The van der Waals surface area contributed by atoms with Gasteiger partial charge in [0.05, 0.1) is 35.5 Å². The molecule has 0 saturated carbocycles. The second-order valence-electron chi connectivity index (χ2n) is 12.8. The molecule has 274 valence electrons. The number of fused-ring (bicyclic) bond motifs is 2. The summed E-state index contributed by atoms with van der Waals surface area (Å²) in [6.45, 7) is 0.363. The van der Waals surface area contributed by atoms with Crippen LogP contribution in [0.3, 0.4) is 0 Å². The summed E-state index contributed by atoms with van der Waals surface area (Å²) in [5.41, 5.74) is 6.35. The molecule has 0 bridgehead atoms. The van der Waals surface area contributed by atoms with Crippen LogP contribution in [-0.2, 0) is 0 Å². The lowest BCUT2D eigenvalue weighted by Gasteiger charge is -2.12. The quantitative estimate of drug-likeness (QED) is 0.166. The van der Waals surface area contributed by atoms with Crippen LogP contribution >= 0.6 is 0 Å². The lowest BCUT2D eigenvalue weighted by atomic mass is 10.0. The number of rotatable bonds is 9. The summed E-state index contributed by atoms with van der Waals surface area (Å²) in [6.07, 6.45) is 0. The monoisotopic (exact) mass is 744 g/mol. The zero-order valence-corrected chi connectivity index (χ0v) is 30.1. The molecule has 0 radical (unpaired) electrons. The van der Waals surface area contributed by atoms with Gasteiger partial charge in [-0.05, 0) is 116 Å². The fourth-order valence-electron chi connectivity index (χ4n) is 6.70. The van der Waals surface area contributed by atoms with Crippen molar-refractivity contribution in [1.29, 1.82) is 0 Å². The van der Waals surface area contributed by atoms with E-state index in [1.165, 1.54) is 0 Å². The van der Waals surface area contributed by atoms with Gasteiger partial charge in [0.15, 0.2) is 34.4 Å². The van der Waals surface area contributed by atoms with Gasteiger partial charge in [-0.3, -0.25) is 0 Å². The van der Waals surface area contributed by atoms with Crippen LogP contribution in [0.2, 0.25) is 0 Å². The highest BCUT2D eigenvalue weighted by Crippen LogP contribution is 2.38.